The highest BCUT2D eigenvalue weighted by Crippen LogP contribution is 2.40. The third kappa shape index (κ3) is 2.84. The Morgan fingerprint density at radius 1 is 1.25 bits per heavy atom. The summed E-state index contributed by atoms with van der Waals surface area (Å²) in [6.45, 7) is 3.63. The van der Waals surface area contributed by atoms with E-state index in [4.69, 9.17) is 10.00 Å². The van der Waals surface area contributed by atoms with Gasteiger partial charge in [0, 0.05) is 11.1 Å². The monoisotopic (exact) mass is 322 g/mol. The minimum absolute atomic E-state index is 0.281. The van der Waals surface area contributed by atoms with Crippen LogP contribution in [0.4, 0.5) is 0 Å². The van der Waals surface area contributed by atoms with Gasteiger partial charge in [0.25, 0.3) is 5.91 Å². The number of fused-ring (bicyclic) bond motifs is 1. The molecular weight excluding hydrogens is 304 g/mol. The number of amides is 1. The standard InChI is InChI=1S/C19H18N2O3/c1-19(2)17(21-18(23)13-6-4-3-5-7-13)16(22)14-10-12(11-20)8-9-15(14)24-19/h3-10,16-17,22H,1-2H3,(H,21,23)/t16?,17-/m1/s1. The molecule has 0 bridgehead atoms. The highest BCUT2D eigenvalue weighted by Gasteiger charge is 2.44. The fourth-order valence-electron chi connectivity index (χ4n) is 2.92. The Morgan fingerprint density at radius 3 is 2.62 bits per heavy atom. The van der Waals surface area contributed by atoms with E-state index in [9.17, 15) is 9.90 Å². The van der Waals surface area contributed by atoms with Crippen LogP contribution in [0.25, 0.3) is 0 Å². The van der Waals surface area contributed by atoms with Gasteiger partial charge in [0.15, 0.2) is 0 Å². The molecule has 0 saturated heterocycles. The number of benzene rings is 2. The van der Waals surface area contributed by atoms with Crippen molar-refractivity contribution in [3.05, 3.63) is 65.2 Å². The summed E-state index contributed by atoms with van der Waals surface area (Å²) < 4.78 is 5.95. The number of rotatable bonds is 2. The van der Waals surface area contributed by atoms with E-state index < -0.39 is 17.7 Å². The maximum absolute atomic E-state index is 12.5. The number of carbonyl (C=O) groups excluding carboxylic acids is 1. The second-order valence-corrected chi connectivity index (χ2v) is 6.33. The summed E-state index contributed by atoms with van der Waals surface area (Å²) in [7, 11) is 0. The number of hydrogen-bond donors (Lipinski definition) is 2. The van der Waals surface area contributed by atoms with Crippen LogP contribution < -0.4 is 10.1 Å². The van der Waals surface area contributed by atoms with Crippen molar-refractivity contribution in [2.45, 2.75) is 31.6 Å². The zero-order valence-corrected chi connectivity index (χ0v) is 13.5. The lowest BCUT2D eigenvalue weighted by Gasteiger charge is -2.43. The van der Waals surface area contributed by atoms with E-state index in [1.165, 1.54) is 0 Å². The van der Waals surface area contributed by atoms with Crippen LogP contribution in [0.15, 0.2) is 48.5 Å². The molecule has 2 N–H and O–H groups in total. The van der Waals surface area contributed by atoms with Crippen molar-refractivity contribution in [1.29, 1.82) is 5.26 Å². The van der Waals surface area contributed by atoms with Crippen molar-refractivity contribution >= 4 is 5.91 Å². The fourth-order valence-corrected chi connectivity index (χ4v) is 2.92. The first kappa shape index (κ1) is 16.0. The van der Waals surface area contributed by atoms with Crippen LogP contribution in [-0.4, -0.2) is 22.7 Å². The van der Waals surface area contributed by atoms with Gasteiger partial charge in [-0.25, -0.2) is 0 Å². The van der Waals surface area contributed by atoms with Crippen LogP contribution >= 0.6 is 0 Å². The molecule has 2 aromatic rings. The van der Waals surface area contributed by atoms with Crippen molar-refractivity contribution < 1.29 is 14.6 Å². The number of aliphatic hydroxyl groups is 1. The van der Waals surface area contributed by atoms with E-state index in [1.807, 2.05) is 26.0 Å². The van der Waals surface area contributed by atoms with E-state index in [1.54, 1.807) is 42.5 Å². The molecule has 0 aliphatic carbocycles. The summed E-state index contributed by atoms with van der Waals surface area (Å²) in [5, 5.41) is 22.7. The molecule has 0 radical (unpaired) electrons. The highest BCUT2D eigenvalue weighted by molar-refractivity contribution is 5.94. The second kappa shape index (κ2) is 5.99. The van der Waals surface area contributed by atoms with Gasteiger partial charge in [0.1, 0.15) is 17.5 Å². The van der Waals surface area contributed by atoms with Crippen molar-refractivity contribution in [3.63, 3.8) is 0 Å². The Labute approximate surface area is 140 Å². The quantitative estimate of drug-likeness (QED) is 0.890. The molecule has 0 spiro atoms. The zero-order valence-electron chi connectivity index (χ0n) is 13.5. The first-order valence-electron chi connectivity index (χ1n) is 7.69. The Morgan fingerprint density at radius 2 is 1.96 bits per heavy atom. The van der Waals surface area contributed by atoms with Crippen LogP contribution in [0.3, 0.4) is 0 Å². The molecule has 24 heavy (non-hydrogen) atoms. The van der Waals surface area contributed by atoms with E-state index in [0.29, 0.717) is 22.4 Å². The first-order valence-corrected chi connectivity index (χ1v) is 7.69. The lowest BCUT2D eigenvalue weighted by atomic mass is 9.85. The Balaban J connectivity index is 1.92. The van der Waals surface area contributed by atoms with Gasteiger partial charge in [-0.1, -0.05) is 18.2 Å². The van der Waals surface area contributed by atoms with Crippen LogP contribution in [0.2, 0.25) is 0 Å². The molecule has 2 aromatic carbocycles. The van der Waals surface area contributed by atoms with Crippen molar-refractivity contribution in [1.82, 2.24) is 5.32 Å². The minimum Gasteiger partial charge on any atom is -0.485 e. The summed E-state index contributed by atoms with van der Waals surface area (Å²) in [5.41, 5.74) is 0.651. The molecule has 3 rings (SSSR count). The average molecular weight is 322 g/mol. The molecule has 1 aliphatic heterocycles. The Hall–Kier alpha value is -2.84. The second-order valence-electron chi connectivity index (χ2n) is 6.33. The van der Waals surface area contributed by atoms with Crippen LogP contribution in [0, 0.1) is 11.3 Å². The number of carbonyl (C=O) groups is 1. The molecule has 5 nitrogen and oxygen atoms in total. The van der Waals surface area contributed by atoms with Gasteiger partial charge >= 0.3 is 0 Å². The number of aliphatic hydroxyl groups excluding tert-OH is 1. The molecule has 1 unspecified atom stereocenters. The molecule has 0 saturated carbocycles. The van der Waals surface area contributed by atoms with Crippen molar-refractivity contribution in [3.8, 4) is 11.8 Å². The first-order chi connectivity index (χ1) is 11.4. The smallest absolute Gasteiger partial charge is 0.251 e. The lowest BCUT2D eigenvalue weighted by molar-refractivity contribution is -0.0253. The van der Waals surface area contributed by atoms with E-state index in [0.717, 1.165) is 0 Å². The van der Waals surface area contributed by atoms with Crippen LogP contribution in [-0.2, 0) is 0 Å². The molecule has 1 aliphatic rings. The van der Waals surface area contributed by atoms with Gasteiger partial charge < -0.3 is 15.2 Å². The summed E-state index contributed by atoms with van der Waals surface area (Å²) in [5.74, 6) is 0.243. The Kier molecular flexibility index (Phi) is 4.00. The topological polar surface area (TPSA) is 82.3 Å². The third-order valence-corrected chi connectivity index (χ3v) is 4.22. The predicted octanol–water partition coefficient (Wildman–Crippen LogP) is 2.56. The molecule has 2 atom stereocenters. The predicted molar refractivity (Wildman–Crippen MR) is 88.5 cm³/mol. The van der Waals surface area contributed by atoms with Gasteiger partial charge in [0.05, 0.1) is 17.7 Å². The largest absolute Gasteiger partial charge is 0.485 e. The van der Waals surface area contributed by atoms with E-state index in [-0.39, 0.29) is 5.91 Å². The zero-order chi connectivity index (χ0) is 17.3. The number of nitriles is 1. The summed E-state index contributed by atoms with van der Waals surface area (Å²) in [4.78, 5) is 12.5. The average Bonchev–Trinajstić information content (AvgIpc) is 2.58. The summed E-state index contributed by atoms with van der Waals surface area (Å²) in [6, 6.07) is 15.1. The number of hydrogen-bond acceptors (Lipinski definition) is 4. The maximum Gasteiger partial charge on any atom is 0.251 e. The fraction of sp³-hybridized carbons (Fsp3) is 0.263. The SMILES string of the molecule is CC1(C)Oc2ccc(C#N)cc2C(O)[C@H]1NC(=O)c1ccccc1. The molecular formula is C19H18N2O3. The summed E-state index contributed by atoms with van der Waals surface area (Å²) >= 11 is 0. The van der Waals surface area contributed by atoms with Crippen molar-refractivity contribution in [2.24, 2.45) is 0 Å². The van der Waals surface area contributed by atoms with Crippen LogP contribution in [0.5, 0.6) is 5.75 Å². The van der Waals surface area contributed by atoms with Gasteiger partial charge in [-0.05, 0) is 44.2 Å². The van der Waals surface area contributed by atoms with Crippen LogP contribution in [0.1, 0.15) is 41.4 Å². The molecule has 1 heterocycles. The molecule has 122 valence electrons. The number of nitrogens with one attached hydrogen (secondary N) is 1. The molecule has 1 amide bonds. The Bertz CT molecular complexity index is 809. The number of nitrogens with zero attached hydrogens (tertiary/aromatic N) is 1. The minimum atomic E-state index is -0.968. The third-order valence-electron chi connectivity index (χ3n) is 4.22. The van der Waals surface area contributed by atoms with E-state index in [2.05, 4.69) is 5.32 Å². The normalized spacial score (nSPS) is 21.1. The molecule has 5 heteroatoms. The molecule has 0 aromatic heterocycles. The number of ether oxygens (including phenoxy) is 1. The van der Waals surface area contributed by atoms with Gasteiger partial charge in [0.2, 0.25) is 0 Å². The molecule has 0 fully saturated rings. The van der Waals surface area contributed by atoms with Gasteiger partial charge in [-0.2, -0.15) is 5.26 Å². The van der Waals surface area contributed by atoms with Gasteiger partial charge in [-0.15, -0.1) is 0 Å². The highest BCUT2D eigenvalue weighted by atomic mass is 16.5. The lowest BCUT2D eigenvalue weighted by Crippen LogP contribution is -2.57. The summed E-state index contributed by atoms with van der Waals surface area (Å²) in [6.07, 6.45) is -0.968. The van der Waals surface area contributed by atoms with Gasteiger partial charge in [-0.3, -0.25) is 4.79 Å². The van der Waals surface area contributed by atoms with Crippen molar-refractivity contribution in [2.75, 3.05) is 0 Å². The van der Waals surface area contributed by atoms with E-state index >= 15 is 0 Å². The maximum atomic E-state index is 12.5.